The van der Waals surface area contributed by atoms with Crippen molar-refractivity contribution in [3.63, 3.8) is 0 Å². The monoisotopic (exact) mass is 345 g/mol. The van der Waals surface area contributed by atoms with Gasteiger partial charge in [0, 0.05) is 19.7 Å². The van der Waals surface area contributed by atoms with Crippen LogP contribution < -0.4 is 10.1 Å². The molecule has 1 aromatic rings. The minimum absolute atomic E-state index is 0.481. The Kier molecular flexibility index (Phi) is 8.85. The molecule has 0 aromatic heterocycles. The quantitative estimate of drug-likeness (QED) is 0.661. The van der Waals surface area contributed by atoms with Gasteiger partial charge in [0.1, 0.15) is 12.4 Å². The summed E-state index contributed by atoms with van der Waals surface area (Å²) < 4.78 is 16.9. The minimum atomic E-state index is 0.481. The second-order valence-corrected chi connectivity index (χ2v) is 5.61. The molecule has 0 saturated heterocycles. The van der Waals surface area contributed by atoms with Crippen LogP contribution in [0.4, 0.5) is 0 Å². The maximum Gasteiger partial charge on any atom is 0.133 e. The van der Waals surface area contributed by atoms with Crippen molar-refractivity contribution in [3.8, 4) is 5.75 Å². The second kappa shape index (κ2) is 10.2. The summed E-state index contributed by atoms with van der Waals surface area (Å²) in [6, 6.07) is 6.61. The SMILES string of the molecule is COCCOCCOc1ccc(CNC(C)C)cc1Br. The Morgan fingerprint density at radius 2 is 1.90 bits per heavy atom. The van der Waals surface area contributed by atoms with Gasteiger partial charge < -0.3 is 19.5 Å². The average molecular weight is 346 g/mol. The third kappa shape index (κ3) is 7.24. The van der Waals surface area contributed by atoms with E-state index in [2.05, 4.69) is 47.2 Å². The van der Waals surface area contributed by atoms with E-state index in [0.717, 1.165) is 16.8 Å². The van der Waals surface area contributed by atoms with Gasteiger partial charge in [0.25, 0.3) is 0 Å². The lowest BCUT2D eigenvalue weighted by Gasteiger charge is -2.12. The van der Waals surface area contributed by atoms with E-state index in [4.69, 9.17) is 14.2 Å². The van der Waals surface area contributed by atoms with Crippen molar-refractivity contribution >= 4 is 15.9 Å². The molecule has 0 aliphatic rings. The summed E-state index contributed by atoms with van der Waals surface area (Å²) in [5.74, 6) is 0.841. The first-order valence-electron chi connectivity index (χ1n) is 6.84. The molecule has 0 radical (unpaired) electrons. The van der Waals surface area contributed by atoms with Gasteiger partial charge in [-0.2, -0.15) is 0 Å². The van der Waals surface area contributed by atoms with Crippen molar-refractivity contribution in [3.05, 3.63) is 28.2 Å². The van der Waals surface area contributed by atoms with E-state index in [1.165, 1.54) is 5.56 Å². The van der Waals surface area contributed by atoms with Crippen LogP contribution in [0.2, 0.25) is 0 Å². The molecule has 1 N–H and O–H groups in total. The highest BCUT2D eigenvalue weighted by atomic mass is 79.9. The molecular formula is C15H24BrNO3. The Balaban J connectivity index is 2.32. The van der Waals surface area contributed by atoms with Gasteiger partial charge in [0.05, 0.1) is 24.3 Å². The van der Waals surface area contributed by atoms with Gasteiger partial charge >= 0.3 is 0 Å². The second-order valence-electron chi connectivity index (χ2n) is 4.75. The van der Waals surface area contributed by atoms with E-state index < -0.39 is 0 Å². The summed E-state index contributed by atoms with van der Waals surface area (Å²) in [4.78, 5) is 0. The van der Waals surface area contributed by atoms with Crippen molar-refractivity contribution in [2.24, 2.45) is 0 Å². The summed E-state index contributed by atoms with van der Waals surface area (Å²) in [5.41, 5.74) is 1.23. The molecule has 0 spiro atoms. The molecule has 0 heterocycles. The number of ether oxygens (including phenoxy) is 3. The molecule has 1 rings (SSSR count). The van der Waals surface area contributed by atoms with Crippen LogP contribution in [0.1, 0.15) is 19.4 Å². The Morgan fingerprint density at radius 3 is 2.55 bits per heavy atom. The summed E-state index contributed by atoms with van der Waals surface area (Å²) in [6.45, 7) is 7.43. The van der Waals surface area contributed by atoms with E-state index >= 15 is 0 Å². The maximum absolute atomic E-state index is 5.66. The first kappa shape index (κ1) is 17.4. The lowest BCUT2D eigenvalue weighted by molar-refractivity contribution is 0.0543. The standard InChI is InChI=1S/C15H24BrNO3/c1-12(2)17-11-13-4-5-15(14(16)10-13)20-9-8-19-7-6-18-3/h4-5,10,12,17H,6-9,11H2,1-3H3. The van der Waals surface area contributed by atoms with Crippen molar-refractivity contribution < 1.29 is 14.2 Å². The largest absolute Gasteiger partial charge is 0.490 e. The number of halogens is 1. The van der Waals surface area contributed by atoms with Crippen molar-refractivity contribution in [1.29, 1.82) is 0 Å². The van der Waals surface area contributed by atoms with Crippen LogP contribution in [-0.2, 0) is 16.0 Å². The van der Waals surface area contributed by atoms with Crippen molar-refractivity contribution in [2.45, 2.75) is 26.4 Å². The van der Waals surface area contributed by atoms with Gasteiger partial charge in [-0.25, -0.2) is 0 Å². The Bertz CT molecular complexity index is 385. The zero-order valence-electron chi connectivity index (χ0n) is 12.4. The van der Waals surface area contributed by atoms with Gasteiger partial charge in [0.2, 0.25) is 0 Å². The summed E-state index contributed by atoms with van der Waals surface area (Å²) in [5, 5.41) is 3.39. The predicted molar refractivity (Wildman–Crippen MR) is 84.3 cm³/mol. The molecule has 5 heteroatoms. The lowest BCUT2D eigenvalue weighted by atomic mass is 10.2. The topological polar surface area (TPSA) is 39.7 Å². The first-order chi connectivity index (χ1) is 9.63. The van der Waals surface area contributed by atoms with Crippen LogP contribution in [0.5, 0.6) is 5.75 Å². The fourth-order valence-electron chi connectivity index (χ4n) is 1.55. The predicted octanol–water partition coefficient (Wildman–Crippen LogP) is 2.99. The molecule has 0 unspecified atom stereocenters. The summed E-state index contributed by atoms with van der Waals surface area (Å²) in [7, 11) is 1.66. The number of hydrogen-bond donors (Lipinski definition) is 1. The van der Waals surface area contributed by atoms with Crippen molar-refractivity contribution in [2.75, 3.05) is 33.5 Å². The molecule has 0 bridgehead atoms. The Morgan fingerprint density at radius 1 is 1.15 bits per heavy atom. The fraction of sp³-hybridized carbons (Fsp3) is 0.600. The Labute approximate surface area is 129 Å². The van der Waals surface area contributed by atoms with Crippen LogP contribution in [0.3, 0.4) is 0 Å². The molecule has 0 amide bonds. The number of rotatable bonds is 10. The van der Waals surface area contributed by atoms with E-state index in [-0.39, 0.29) is 0 Å². The van der Waals surface area contributed by atoms with Crippen LogP contribution in [-0.4, -0.2) is 39.6 Å². The van der Waals surface area contributed by atoms with E-state index in [1.807, 2.05) is 6.07 Å². The molecule has 114 valence electrons. The normalized spacial score (nSPS) is 11.1. The summed E-state index contributed by atoms with van der Waals surface area (Å²) >= 11 is 3.53. The van der Waals surface area contributed by atoms with Crippen LogP contribution in [0.25, 0.3) is 0 Å². The molecule has 0 saturated carbocycles. The lowest BCUT2D eigenvalue weighted by Crippen LogP contribution is -2.21. The van der Waals surface area contributed by atoms with Crippen molar-refractivity contribution in [1.82, 2.24) is 5.32 Å². The molecule has 1 aromatic carbocycles. The zero-order chi connectivity index (χ0) is 14.8. The minimum Gasteiger partial charge on any atom is -0.490 e. The van der Waals surface area contributed by atoms with Gasteiger partial charge in [-0.1, -0.05) is 19.9 Å². The smallest absolute Gasteiger partial charge is 0.133 e. The summed E-state index contributed by atoms with van der Waals surface area (Å²) in [6.07, 6.45) is 0. The highest BCUT2D eigenvalue weighted by Crippen LogP contribution is 2.26. The third-order valence-electron chi connectivity index (χ3n) is 2.63. The number of benzene rings is 1. The highest BCUT2D eigenvalue weighted by Gasteiger charge is 2.03. The van der Waals surface area contributed by atoms with Crippen LogP contribution >= 0.6 is 15.9 Å². The van der Waals surface area contributed by atoms with E-state index in [9.17, 15) is 0 Å². The van der Waals surface area contributed by atoms with Gasteiger partial charge in [0.15, 0.2) is 0 Å². The van der Waals surface area contributed by atoms with Gasteiger partial charge in [-0.15, -0.1) is 0 Å². The molecular weight excluding hydrogens is 322 g/mol. The van der Waals surface area contributed by atoms with E-state index in [1.54, 1.807) is 7.11 Å². The van der Waals surface area contributed by atoms with Gasteiger partial charge in [-0.3, -0.25) is 0 Å². The Hall–Kier alpha value is -0.620. The molecule has 20 heavy (non-hydrogen) atoms. The maximum atomic E-state index is 5.66. The fourth-order valence-corrected chi connectivity index (χ4v) is 2.09. The molecule has 0 aliphatic heterocycles. The van der Waals surface area contributed by atoms with Gasteiger partial charge in [-0.05, 0) is 33.6 Å². The molecule has 0 aliphatic carbocycles. The van der Waals surface area contributed by atoms with Crippen LogP contribution in [0.15, 0.2) is 22.7 Å². The number of hydrogen-bond acceptors (Lipinski definition) is 4. The van der Waals surface area contributed by atoms with Crippen LogP contribution in [0, 0.1) is 0 Å². The highest BCUT2D eigenvalue weighted by molar-refractivity contribution is 9.10. The molecule has 4 nitrogen and oxygen atoms in total. The number of nitrogens with one attached hydrogen (secondary N) is 1. The zero-order valence-corrected chi connectivity index (χ0v) is 14.0. The third-order valence-corrected chi connectivity index (χ3v) is 3.25. The average Bonchev–Trinajstić information content (AvgIpc) is 2.42. The molecule has 0 atom stereocenters. The van der Waals surface area contributed by atoms with E-state index in [0.29, 0.717) is 32.5 Å². The first-order valence-corrected chi connectivity index (χ1v) is 7.64. The number of methoxy groups -OCH3 is 1. The molecule has 0 fully saturated rings.